The number of unbranched alkanes of at least 4 members (excludes halogenated alkanes) is 8. The Morgan fingerprint density at radius 1 is 0.600 bits per heavy atom. The van der Waals surface area contributed by atoms with Gasteiger partial charge in [-0.05, 0) is 51.5 Å². The molecule has 25 heavy (non-hydrogen) atoms. The third kappa shape index (κ3) is 23.8. The van der Waals surface area contributed by atoms with Crippen molar-refractivity contribution in [3.63, 3.8) is 0 Å². The smallest absolute Gasteiger partial charge is 0.0682 e. The Hall–Kier alpha value is -0.200. The van der Waals surface area contributed by atoms with Gasteiger partial charge in [-0.15, -0.1) is 0 Å². The van der Waals surface area contributed by atoms with Crippen LogP contribution in [0.5, 0.6) is 0 Å². The van der Waals surface area contributed by atoms with Gasteiger partial charge in [-0.3, -0.25) is 0 Å². The quantitative estimate of drug-likeness (QED) is 0.224. The van der Waals surface area contributed by atoms with Gasteiger partial charge in [0.1, 0.15) is 0 Å². The topological polar surface area (TPSA) is 65.7 Å². The van der Waals surface area contributed by atoms with Crippen LogP contribution in [0.4, 0.5) is 0 Å². The van der Waals surface area contributed by atoms with Crippen molar-refractivity contribution in [1.82, 2.24) is 5.48 Å². The lowest BCUT2D eigenvalue weighted by Crippen LogP contribution is -2.16. The second-order valence-corrected chi connectivity index (χ2v) is 6.65. The lowest BCUT2D eigenvalue weighted by atomic mass is 10.2. The zero-order chi connectivity index (χ0) is 18.3. The first-order chi connectivity index (χ1) is 12.4. The maximum Gasteiger partial charge on any atom is 0.0682 e. The van der Waals surface area contributed by atoms with Gasteiger partial charge < -0.3 is 20.0 Å². The predicted octanol–water partition coefficient (Wildman–Crippen LogP) is 4.20. The molecule has 0 saturated heterocycles. The molecule has 5 nitrogen and oxygen atoms in total. The molecular weight excluding hydrogens is 316 g/mol. The van der Waals surface area contributed by atoms with Crippen LogP contribution in [0.25, 0.3) is 0 Å². The fraction of sp³-hybridized carbons (Fsp3) is 1.00. The van der Waals surface area contributed by atoms with Gasteiger partial charge in [0.05, 0.1) is 6.61 Å². The van der Waals surface area contributed by atoms with E-state index in [0.717, 1.165) is 71.8 Å². The van der Waals surface area contributed by atoms with Crippen molar-refractivity contribution in [2.45, 2.75) is 84.0 Å². The Balaban J connectivity index is 2.94. The number of nitrogens with two attached hydrogens (primary N) is 1. The highest BCUT2D eigenvalue weighted by molar-refractivity contribution is 4.46. The summed E-state index contributed by atoms with van der Waals surface area (Å²) in [5, 5.41) is 0. The Kier molecular flexibility index (Phi) is 23.6. The molecule has 0 atom stereocenters. The van der Waals surface area contributed by atoms with Gasteiger partial charge in [0.15, 0.2) is 0 Å². The molecule has 0 aromatic heterocycles. The molecule has 0 saturated carbocycles. The van der Waals surface area contributed by atoms with Crippen molar-refractivity contribution in [3.05, 3.63) is 0 Å². The van der Waals surface area contributed by atoms with Crippen LogP contribution in [0.15, 0.2) is 0 Å². The van der Waals surface area contributed by atoms with Gasteiger partial charge in [0, 0.05) is 33.0 Å². The average Bonchev–Trinajstić information content (AvgIpc) is 2.63. The van der Waals surface area contributed by atoms with Crippen molar-refractivity contribution in [1.29, 1.82) is 0 Å². The highest BCUT2D eigenvalue weighted by Crippen LogP contribution is 2.03. The maximum absolute atomic E-state index is 5.69. The lowest BCUT2D eigenvalue weighted by molar-refractivity contribution is 0.0375. The Morgan fingerprint density at radius 2 is 1.08 bits per heavy atom. The molecule has 0 rings (SSSR count). The molecule has 0 fully saturated rings. The first kappa shape index (κ1) is 24.8. The van der Waals surface area contributed by atoms with E-state index in [1.165, 1.54) is 51.4 Å². The summed E-state index contributed by atoms with van der Waals surface area (Å²) >= 11 is 0. The molecule has 0 radical (unpaired) electrons. The van der Waals surface area contributed by atoms with E-state index in [9.17, 15) is 0 Å². The molecule has 0 aliphatic carbocycles. The molecule has 0 bridgehead atoms. The number of rotatable bonds is 22. The maximum atomic E-state index is 5.69. The fourth-order valence-electron chi connectivity index (χ4n) is 2.44. The molecule has 0 heterocycles. The van der Waals surface area contributed by atoms with E-state index >= 15 is 0 Å². The van der Waals surface area contributed by atoms with Crippen LogP contribution in [0.3, 0.4) is 0 Å². The van der Waals surface area contributed by atoms with E-state index in [1.807, 2.05) is 0 Å². The predicted molar refractivity (Wildman–Crippen MR) is 106 cm³/mol. The number of ether oxygens (including phenoxy) is 2. The lowest BCUT2D eigenvalue weighted by Gasteiger charge is -2.06. The zero-order valence-electron chi connectivity index (χ0n) is 16.7. The summed E-state index contributed by atoms with van der Waals surface area (Å²) in [6.07, 6.45) is 14.1. The first-order valence-corrected chi connectivity index (χ1v) is 10.6. The third-order valence-electron chi connectivity index (χ3n) is 4.09. The molecular formula is C20H44N2O3. The van der Waals surface area contributed by atoms with Gasteiger partial charge >= 0.3 is 0 Å². The van der Waals surface area contributed by atoms with Crippen molar-refractivity contribution in [2.24, 2.45) is 5.73 Å². The number of hydrogen-bond donors (Lipinski definition) is 2. The number of nitrogens with one attached hydrogen (secondary N) is 1. The SMILES string of the molecule is CCCCNOCCCCCCOCCCCCCOCCCCN. The van der Waals surface area contributed by atoms with Gasteiger partial charge in [-0.25, -0.2) is 5.48 Å². The van der Waals surface area contributed by atoms with Crippen molar-refractivity contribution in [3.8, 4) is 0 Å². The van der Waals surface area contributed by atoms with Gasteiger partial charge in [0.25, 0.3) is 0 Å². The zero-order valence-corrected chi connectivity index (χ0v) is 16.7. The Morgan fingerprint density at radius 3 is 1.56 bits per heavy atom. The summed E-state index contributed by atoms with van der Waals surface area (Å²) in [5.41, 5.74) is 8.44. The summed E-state index contributed by atoms with van der Waals surface area (Å²) < 4.78 is 11.3. The molecule has 0 unspecified atom stereocenters. The second-order valence-electron chi connectivity index (χ2n) is 6.65. The van der Waals surface area contributed by atoms with Crippen LogP contribution in [0.1, 0.15) is 84.0 Å². The van der Waals surface area contributed by atoms with E-state index in [4.69, 9.17) is 20.0 Å². The minimum Gasteiger partial charge on any atom is -0.381 e. The highest BCUT2D eigenvalue weighted by atomic mass is 16.6. The van der Waals surface area contributed by atoms with Gasteiger partial charge in [-0.1, -0.05) is 39.0 Å². The summed E-state index contributed by atoms with van der Waals surface area (Å²) in [6.45, 7) is 8.31. The molecule has 5 heteroatoms. The highest BCUT2D eigenvalue weighted by Gasteiger charge is 1.94. The van der Waals surface area contributed by atoms with Crippen LogP contribution >= 0.6 is 0 Å². The summed E-state index contributed by atoms with van der Waals surface area (Å²) in [5.74, 6) is 0. The van der Waals surface area contributed by atoms with E-state index < -0.39 is 0 Å². The van der Waals surface area contributed by atoms with E-state index in [0.29, 0.717) is 0 Å². The minimum atomic E-state index is 0.772. The monoisotopic (exact) mass is 360 g/mol. The van der Waals surface area contributed by atoms with Crippen LogP contribution < -0.4 is 11.2 Å². The minimum absolute atomic E-state index is 0.772. The summed E-state index contributed by atoms with van der Waals surface area (Å²) in [6, 6.07) is 0. The Bertz CT molecular complexity index is 209. The van der Waals surface area contributed by atoms with E-state index in [-0.39, 0.29) is 0 Å². The van der Waals surface area contributed by atoms with Crippen molar-refractivity contribution >= 4 is 0 Å². The molecule has 152 valence electrons. The number of hydroxylamine groups is 1. The second kappa shape index (κ2) is 23.8. The first-order valence-electron chi connectivity index (χ1n) is 10.6. The Labute approximate surface area is 156 Å². The van der Waals surface area contributed by atoms with E-state index in [1.54, 1.807) is 0 Å². The molecule has 3 N–H and O–H groups in total. The van der Waals surface area contributed by atoms with Crippen LogP contribution in [0.2, 0.25) is 0 Å². The normalized spacial score (nSPS) is 11.3. The molecule has 0 aliphatic heterocycles. The molecule has 0 spiro atoms. The average molecular weight is 361 g/mol. The van der Waals surface area contributed by atoms with Gasteiger partial charge in [0.2, 0.25) is 0 Å². The number of hydrogen-bond acceptors (Lipinski definition) is 5. The van der Waals surface area contributed by atoms with Gasteiger partial charge in [-0.2, -0.15) is 0 Å². The van der Waals surface area contributed by atoms with Crippen molar-refractivity contribution < 1.29 is 14.3 Å². The summed E-state index contributed by atoms with van der Waals surface area (Å²) in [7, 11) is 0. The summed E-state index contributed by atoms with van der Waals surface area (Å²) in [4.78, 5) is 5.36. The fourth-order valence-corrected chi connectivity index (χ4v) is 2.44. The molecule has 0 aromatic carbocycles. The molecule has 0 aromatic rings. The third-order valence-corrected chi connectivity index (χ3v) is 4.09. The largest absolute Gasteiger partial charge is 0.381 e. The van der Waals surface area contributed by atoms with Crippen molar-refractivity contribution in [2.75, 3.05) is 46.1 Å². The molecule has 0 amide bonds. The standard InChI is InChI=1S/C20H44N2O3/c1-2-3-15-22-25-20-12-7-6-11-17-23-16-9-4-5-10-18-24-19-13-8-14-21/h22H,2-21H2,1H3. The van der Waals surface area contributed by atoms with Crippen LogP contribution in [-0.4, -0.2) is 46.1 Å². The molecule has 0 aliphatic rings. The van der Waals surface area contributed by atoms with Crippen LogP contribution in [-0.2, 0) is 14.3 Å². The van der Waals surface area contributed by atoms with E-state index in [2.05, 4.69) is 12.4 Å². The van der Waals surface area contributed by atoms with Crippen LogP contribution in [0, 0.1) is 0 Å².